The molecule has 0 aliphatic rings. The first kappa shape index (κ1) is 18.7. The van der Waals surface area contributed by atoms with Gasteiger partial charge >= 0.3 is 0 Å². The summed E-state index contributed by atoms with van der Waals surface area (Å²) < 4.78 is 8.02. The molecule has 3 rings (SSSR count). The Bertz CT molecular complexity index is 939. The minimum atomic E-state index is 0.522. The molecule has 4 heteroatoms. The van der Waals surface area contributed by atoms with Crippen LogP contribution in [0.25, 0.3) is 11.6 Å². The maximum Gasteiger partial charge on any atom is 0.119 e. The van der Waals surface area contributed by atoms with Gasteiger partial charge in [-0.2, -0.15) is 5.26 Å². The van der Waals surface area contributed by atoms with Crippen molar-refractivity contribution in [2.45, 2.75) is 6.61 Å². The third-order valence-corrected chi connectivity index (χ3v) is 5.03. The molecule has 3 aromatic carbocycles. The van der Waals surface area contributed by atoms with Crippen LogP contribution in [-0.4, -0.2) is 0 Å². The largest absolute Gasteiger partial charge is 0.489 e. The molecule has 2 nitrogen and oxygen atoms in total. The SMILES string of the molecule is N#C/C(=C/c1ccc(OCc2ccc(Br)cc2)cc1)c1ccc(I)cc1. The summed E-state index contributed by atoms with van der Waals surface area (Å²) in [4.78, 5) is 0. The molecule has 0 aliphatic carbocycles. The van der Waals surface area contributed by atoms with E-state index in [9.17, 15) is 5.26 Å². The van der Waals surface area contributed by atoms with Crippen LogP contribution in [0.3, 0.4) is 0 Å². The second kappa shape index (κ2) is 9.02. The van der Waals surface area contributed by atoms with Crippen LogP contribution in [0.5, 0.6) is 5.75 Å². The standard InChI is InChI=1S/C22H15BrINO/c23-20-7-1-17(2-8-20)15-26-22-11-3-16(4-12-22)13-19(14-25)18-5-9-21(24)10-6-18/h1-13H,15H2/b19-13-. The van der Waals surface area contributed by atoms with E-state index < -0.39 is 0 Å². The number of ether oxygens (including phenoxy) is 1. The molecular formula is C22H15BrINO. The van der Waals surface area contributed by atoms with Crippen molar-refractivity contribution in [1.29, 1.82) is 5.26 Å². The third-order valence-electron chi connectivity index (χ3n) is 3.79. The molecule has 0 aromatic heterocycles. The molecule has 0 unspecified atom stereocenters. The van der Waals surface area contributed by atoms with Gasteiger partial charge in [0.1, 0.15) is 12.4 Å². The van der Waals surface area contributed by atoms with E-state index >= 15 is 0 Å². The molecule has 0 heterocycles. The quantitative estimate of drug-likeness (QED) is 0.215. The number of halogens is 2. The van der Waals surface area contributed by atoms with Crippen LogP contribution in [-0.2, 0) is 6.61 Å². The normalized spacial score (nSPS) is 11.0. The van der Waals surface area contributed by atoms with E-state index in [0.29, 0.717) is 12.2 Å². The number of allylic oxidation sites excluding steroid dienone is 1. The first-order valence-corrected chi connectivity index (χ1v) is 9.86. The van der Waals surface area contributed by atoms with Crippen molar-refractivity contribution in [2.24, 2.45) is 0 Å². The second-order valence-electron chi connectivity index (χ2n) is 5.66. The van der Waals surface area contributed by atoms with Gasteiger partial charge < -0.3 is 4.74 Å². The number of rotatable bonds is 5. The van der Waals surface area contributed by atoms with Crippen LogP contribution in [0.4, 0.5) is 0 Å². The van der Waals surface area contributed by atoms with Crippen molar-refractivity contribution in [3.05, 3.63) is 97.5 Å². The summed E-state index contributed by atoms with van der Waals surface area (Å²) in [5.74, 6) is 0.804. The number of nitrogens with zero attached hydrogens (tertiary/aromatic N) is 1. The van der Waals surface area contributed by atoms with Crippen LogP contribution < -0.4 is 4.74 Å². The fraction of sp³-hybridized carbons (Fsp3) is 0.0455. The van der Waals surface area contributed by atoms with Crippen molar-refractivity contribution in [2.75, 3.05) is 0 Å². The predicted molar refractivity (Wildman–Crippen MR) is 118 cm³/mol. The smallest absolute Gasteiger partial charge is 0.119 e. The lowest BCUT2D eigenvalue weighted by atomic mass is 10.0. The summed E-state index contributed by atoms with van der Waals surface area (Å²) in [7, 11) is 0. The van der Waals surface area contributed by atoms with Gasteiger partial charge in [0.25, 0.3) is 0 Å². The monoisotopic (exact) mass is 515 g/mol. The van der Waals surface area contributed by atoms with Crippen molar-refractivity contribution < 1.29 is 4.74 Å². The molecule has 0 fully saturated rings. The van der Waals surface area contributed by atoms with E-state index in [1.54, 1.807) is 0 Å². The molecule has 26 heavy (non-hydrogen) atoms. The average molecular weight is 516 g/mol. The van der Waals surface area contributed by atoms with Gasteiger partial charge in [-0.15, -0.1) is 0 Å². The first-order chi connectivity index (χ1) is 12.6. The number of nitriles is 1. The number of benzene rings is 3. The molecule has 0 bridgehead atoms. The molecule has 0 amide bonds. The number of hydrogen-bond donors (Lipinski definition) is 0. The summed E-state index contributed by atoms with van der Waals surface area (Å²) in [5, 5.41) is 9.45. The molecule has 0 N–H and O–H groups in total. The zero-order valence-corrected chi connectivity index (χ0v) is 17.6. The Balaban J connectivity index is 1.69. The van der Waals surface area contributed by atoms with Gasteiger partial charge in [0.2, 0.25) is 0 Å². The van der Waals surface area contributed by atoms with Crippen LogP contribution in [0.15, 0.2) is 77.3 Å². The summed E-state index contributed by atoms with van der Waals surface area (Å²) >= 11 is 5.68. The van der Waals surface area contributed by atoms with Gasteiger partial charge in [-0.25, -0.2) is 0 Å². The van der Waals surface area contributed by atoms with Gasteiger partial charge in [-0.3, -0.25) is 0 Å². The molecule has 128 valence electrons. The maximum atomic E-state index is 9.45. The van der Waals surface area contributed by atoms with E-state index in [2.05, 4.69) is 44.6 Å². The Morgan fingerprint density at radius 1 is 0.962 bits per heavy atom. The molecule has 3 aromatic rings. The van der Waals surface area contributed by atoms with E-state index in [1.165, 1.54) is 0 Å². The van der Waals surface area contributed by atoms with Gasteiger partial charge in [-0.1, -0.05) is 52.3 Å². The van der Waals surface area contributed by atoms with Gasteiger partial charge in [0.05, 0.1) is 11.6 Å². The highest BCUT2D eigenvalue weighted by molar-refractivity contribution is 14.1. The highest BCUT2D eigenvalue weighted by atomic mass is 127. The Kier molecular flexibility index (Phi) is 6.48. The third kappa shape index (κ3) is 5.20. The van der Waals surface area contributed by atoms with E-state index in [0.717, 1.165) is 30.5 Å². The lowest BCUT2D eigenvalue weighted by Crippen LogP contribution is -1.94. The molecule has 0 radical (unpaired) electrons. The lowest BCUT2D eigenvalue weighted by molar-refractivity contribution is 0.306. The summed E-state index contributed by atoms with van der Waals surface area (Å²) in [5.41, 5.74) is 3.65. The van der Waals surface area contributed by atoms with Crippen molar-refractivity contribution in [1.82, 2.24) is 0 Å². The topological polar surface area (TPSA) is 33.0 Å². The average Bonchev–Trinajstić information content (AvgIpc) is 2.67. The fourth-order valence-corrected chi connectivity index (χ4v) is 3.01. The Morgan fingerprint density at radius 2 is 1.62 bits per heavy atom. The van der Waals surface area contributed by atoms with Crippen molar-refractivity contribution in [3.63, 3.8) is 0 Å². The summed E-state index contributed by atoms with van der Waals surface area (Å²) in [6.45, 7) is 0.522. The van der Waals surface area contributed by atoms with Gasteiger partial charge in [0, 0.05) is 8.04 Å². The van der Waals surface area contributed by atoms with Crippen LogP contribution in [0.1, 0.15) is 16.7 Å². The summed E-state index contributed by atoms with van der Waals surface area (Å²) in [6.07, 6.45) is 1.89. The summed E-state index contributed by atoms with van der Waals surface area (Å²) in [6, 6.07) is 26.0. The fourth-order valence-electron chi connectivity index (χ4n) is 2.38. The first-order valence-electron chi connectivity index (χ1n) is 7.99. The van der Waals surface area contributed by atoms with Gasteiger partial charge in [0.15, 0.2) is 0 Å². The van der Waals surface area contributed by atoms with Crippen LogP contribution in [0.2, 0.25) is 0 Å². The minimum absolute atomic E-state index is 0.522. The molecule has 0 saturated heterocycles. The van der Waals surface area contributed by atoms with Crippen LogP contribution in [0, 0.1) is 14.9 Å². The molecule has 0 spiro atoms. The zero-order chi connectivity index (χ0) is 18.4. The van der Waals surface area contributed by atoms with E-state index in [-0.39, 0.29) is 0 Å². The lowest BCUT2D eigenvalue weighted by Gasteiger charge is -2.07. The Hall–Kier alpha value is -2.10. The van der Waals surface area contributed by atoms with Crippen molar-refractivity contribution in [3.8, 4) is 11.8 Å². The molecular weight excluding hydrogens is 501 g/mol. The van der Waals surface area contributed by atoms with Gasteiger partial charge in [-0.05, 0) is 81.8 Å². The minimum Gasteiger partial charge on any atom is -0.489 e. The Labute approximate surface area is 175 Å². The molecule has 0 aliphatic heterocycles. The predicted octanol–water partition coefficient (Wildman–Crippen LogP) is 6.70. The molecule has 0 saturated carbocycles. The highest BCUT2D eigenvalue weighted by Crippen LogP contribution is 2.21. The number of hydrogen-bond acceptors (Lipinski definition) is 2. The Morgan fingerprint density at radius 3 is 2.23 bits per heavy atom. The second-order valence-corrected chi connectivity index (χ2v) is 7.82. The molecule has 0 atom stereocenters. The zero-order valence-electron chi connectivity index (χ0n) is 13.8. The van der Waals surface area contributed by atoms with Crippen LogP contribution >= 0.6 is 38.5 Å². The highest BCUT2D eigenvalue weighted by Gasteiger charge is 2.02. The van der Waals surface area contributed by atoms with Crippen molar-refractivity contribution >= 4 is 50.2 Å². The van der Waals surface area contributed by atoms with E-state index in [4.69, 9.17) is 4.74 Å². The van der Waals surface area contributed by atoms with E-state index in [1.807, 2.05) is 78.9 Å². The maximum absolute atomic E-state index is 9.45.